The molecule has 1 aromatic rings. The zero-order valence-electron chi connectivity index (χ0n) is 11.1. The van der Waals surface area contributed by atoms with Crippen LogP contribution in [0, 0.1) is 5.92 Å². The van der Waals surface area contributed by atoms with Crippen LogP contribution in [-0.2, 0) is 4.74 Å². The first-order valence-corrected chi connectivity index (χ1v) is 7.37. The number of rotatable bonds is 4. The molecular weight excluding hydrogens is 308 g/mol. The average Bonchev–Trinajstić information content (AvgIpc) is 2.41. The van der Waals surface area contributed by atoms with Crippen molar-refractivity contribution in [2.24, 2.45) is 10.9 Å². The van der Waals surface area contributed by atoms with Gasteiger partial charge >= 0.3 is 0 Å². The number of pyridine rings is 1. The van der Waals surface area contributed by atoms with E-state index in [1.165, 1.54) is 0 Å². The molecule has 2 heterocycles. The highest BCUT2D eigenvalue weighted by Crippen LogP contribution is 2.32. The van der Waals surface area contributed by atoms with Crippen molar-refractivity contribution >= 4 is 33.3 Å². The summed E-state index contributed by atoms with van der Waals surface area (Å²) in [4.78, 5) is 21.1. The van der Waals surface area contributed by atoms with Gasteiger partial charge in [-0.3, -0.25) is 4.79 Å². The summed E-state index contributed by atoms with van der Waals surface area (Å²) in [6, 6.07) is 1.74. The molecule has 1 atom stereocenters. The minimum absolute atomic E-state index is 0.0843. The minimum Gasteiger partial charge on any atom is -0.480 e. The van der Waals surface area contributed by atoms with E-state index in [1.807, 2.05) is 6.92 Å². The van der Waals surface area contributed by atoms with E-state index >= 15 is 0 Å². The summed E-state index contributed by atoms with van der Waals surface area (Å²) in [6.07, 6.45) is 4.19. The molecule has 0 spiro atoms. The summed E-state index contributed by atoms with van der Waals surface area (Å²) in [5.41, 5.74) is 1.23. The number of hydrogen-bond donors (Lipinski definition) is 0. The van der Waals surface area contributed by atoms with Crippen molar-refractivity contribution < 1.29 is 9.53 Å². The van der Waals surface area contributed by atoms with Gasteiger partial charge in [0.05, 0.1) is 24.4 Å². The molecule has 1 aliphatic heterocycles. The van der Waals surface area contributed by atoms with Crippen molar-refractivity contribution in [2.45, 2.75) is 33.1 Å². The van der Waals surface area contributed by atoms with Gasteiger partial charge in [-0.05, 0) is 34.8 Å². The molecule has 0 N–H and O–H groups in total. The maximum Gasteiger partial charge on any atom is 0.199 e. The average molecular weight is 325 g/mol. The van der Waals surface area contributed by atoms with E-state index in [-0.39, 0.29) is 11.7 Å². The van der Waals surface area contributed by atoms with Crippen LogP contribution in [0.4, 0.5) is 5.69 Å². The number of Topliss-reactive ketones (excluding diaryl/α,β-unsaturated/α-hetero) is 1. The number of halogens is 1. The number of fused-ring (bicyclic) bond motifs is 1. The molecule has 5 heteroatoms. The van der Waals surface area contributed by atoms with E-state index in [4.69, 9.17) is 4.74 Å². The normalized spacial score (nSPS) is 17.9. The maximum absolute atomic E-state index is 12.5. The van der Waals surface area contributed by atoms with Gasteiger partial charge in [0.1, 0.15) is 4.60 Å². The Hall–Kier alpha value is -1.23. The van der Waals surface area contributed by atoms with E-state index in [1.54, 1.807) is 12.3 Å². The standard InChI is InChI=1S/C14H17BrN2O2/c1-3-5-9-13(18)10-7-12(15)16-8-11(10)17-14(9)19-6-4-2/h7-9H,3-6H2,1-2H3. The molecule has 0 aliphatic carbocycles. The molecular formula is C14H17BrN2O2. The SMILES string of the molecule is CCCOC1=Nc2cnc(Br)cc2C(=O)C1CCC. The largest absolute Gasteiger partial charge is 0.480 e. The molecule has 1 aromatic heterocycles. The Labute approximate surface area is 121 Å². The number of ketones is 1. The second-order valence-electron chi connectivity index (χ2n) is 4.53. The lowest BCUT2D eigenvalue weighted by Crippen LogP contribution is -2.29. The fraction of sp³-hybridized carbons (Fsp3) is 0.500. The van der Waals surface area contributed by atoms with E-state index in [0.29, 0.717) is 28.4 Å². The number of aromatic nitrogens is 1. The summed E-state index contributed by atoms with van der Waals surface area (Å²) >= 11 is 3.29. The lowest BCUT2D eigenvalue weighted by molar-refractivity contribution is 0.0930. The maximum atomic E-state index is 12.5. The predicted octanol–water partition coefficient (Wildman–Crippen LogP) is 3.91. The number of carbonyl (C=O) groups is 1. The molecule has 1 aliphatic rings. The Kier molecular flexibility index (Phi) is 4.69. The van der Waals surface area contributed by atoms with Gasteiger partial charge in [0.15, 0.2) is 11.7 Å². The molecule has 0 amide bonds. The topological polar surface area (TPSA) is 51.6 Å². The third-order valence-electron chi connectivity index (χ3n) is 2.99. The summed E-state index contributed by atoms with van der Waals surface area (Å²) in [6.45, 7) is 4.68. The van der Waals surface area contributed by atoms with E-state index in [0.717, 1.165) is 19.3 Å². The van der Waals surface area contributed by atoms with Crippen LogP contribution >= 0.6 is 15.9 Å². The van der Waals surface area contributed by atoms with Crippen molar-refractivity contribution in [1.82, 2.24) is 4.98 Å². The zero-order chi connectivity index (χ0) is 13.8. The van der Waals surface area contributed by atoms with Gasteiger partial charge in [0, 0.05) is 5.56 Å². The quantitative estimate of drug-likeness (QED) is 0.789. The van der Waals surface area contributed by atoms with Crippen molar-refractivity contribution in [1.29, 1.82) is 0 Å². The van der Waals surface area contributed by atoms with E-state index in [2.05, 4.69) is 32.8 Å². The minimum atomic E-state index is -0.252. The summed E-state index contributed by atoms with van der Waals surface area (Å²) in [5, 5.41) is 0. The van der Waals surface area contributed by atoms with Gasteiger partial charge in [0.25, 0.3) is 0 Å². The zero-order valence-corrected chi connectivity index (χ0v) is 12.7. The first kappa shape index (κ1) is 14.2. The van der Waals surface area contributed by atoms with E-state index in [9.17, 15) is 4.79 Å². The van der Waals surface area contributed by atoms with Crippen LogP contribution in [0.5, 0.6) is 0 Å². The second kappa shape index (κ2) is 6.28. The molecule has 0 aromatic carbocycles. The highest BCUT2D eigenvalue weighted by atomic mass is 79.9. The number of aliphatic imine (C=N–C) groups is 1. The van der Waals surface area contributed by atoms with Gasteiger partial charge < -0.3 is 4.74 Å². The van der Waals surface area contributed by atoms with Crippen LogP contribution in [0.25, 0.3) is 0 Å². The molecule has 102 valence electrons. The summed E-state index contributed by atoms with van der Waals surface area (Å²) in [7, 11) is 0. The molecule has 1 unspecified atom stereocenters. The Bertz CT molecular complexity index is 514. The Balaban J connectivity index is 2.39. The fourth-order valence-electron chi connectivity index (χ4n) is 2.09. The third kappa shape index (κ3) is 3.03. The van der Waals surface area contributed by atoms with Crippen molar-refractivity contribution in [3.63, 3.8) is 0 Å². The van der Waals surface area contributed by atoms with Crippen LogP contribution < -0.4 is 0 Å². The first-order chi connectivity index (χ1) is 9.17. The molecule has 0 saturated carbocycles. The van der Waals surface area contributed by atoms with Gasteiger partial charge in [-0.15, -0.1) is 0 Å². The van der Waals surface area contributed by atoms with Gasteiger partial charge in [-0.1, -0.05) is 20.3 Å². The number of carbonyl (C=O) groups excluding carboxylic acids is 1. The van der Waals surface area contributed by atoms with Crippen LogP contribution in [0.15, 0.2) is 21.9 Å². The van der Waals surface area contributed by atoms with Crippen molar-refractivity contribution in [3.8, 4) is 0 Å². The van der Waals surface area contributed by atoms with Crippen molar-refractivity contribution in [2.75, 3.05) is 6.61 Å². The Morgan fingerprint density at radius 2 is 2.16 bits per heavy atom. The van der Waals surface area contributed by atoms with Gasteiger partial charge in [-0.2, -0.15) is 0 Å². The molecule has 0 saturated heterocycles. The monoisotopic (exact) mass is 324 g/mol. The van der Waals surface area contributed by atoms with Gasteiger partial charge in [-0.25, -0.2) is 9.98 Å². The molecule has 19 heavy (non-hydrogen) atoms. The Morgan fingerprint density at radius 3 is 2.84 bits per heavy atom. The highest BCUT2D eigenvalue weighted by Gasteiger charge is 2.32. The van der Waals surface area contributed by atoms with Crippen LogP contribution in [-0.4, -0.2) is 23.3 Å². The van der Waals surface area contributed by atoms with Gasteiger partial charge in [0.2, 0.25) is 0 Å². The molecule has 2 rings (SSSR count). The second-order valence-corrected chi connectivity index (χ2v) is 5.34. The highest BCUT2D eigenvalue weighted by molar-refractivity contribution is 9.10. The van der Waals surface area contributed by atoms with Crippen LogP contribution in [0.3, 0.4) is 0 Å². The fourth-order valence-corrected chi connectivity index (χ4v) is 2.42. The predicted molar refractivity (Wildman–Crippen MR) is 78.0 cm³/mol. The molecule has 0 radical (unpaired) electrons. The number of ether oxygens (including phenoxy) is 1. The number of nitrogens with zero attached hydrogens (tertiary/aromatic N) is 2. The van der Waals surface area contributed by atoms with Crippen molar-refractivity contribution in [3.05, 3.63) is 22.4 Å². The summed E-state index contributed by atoms with van der Waals surface area (Å²) in [5.74, 6) is 0.379. The summed E-state index contributed by atoms with van der Waals surface area (Å²) < 4.78 is 6.30. The van der Waals surface area contributed by atoms with Crippen LogP contribution in [0.1, 0.15) is 43.5 Å². The smallest absolute Gasteiger partial charge is 0.199 e. The molecule has 0 fully saturated rings. The molecule has 0 bridgehead atoms. The van der Waals surface area contributed by atoms with E-state index < -0.39 is 0 Å². The lowest BCUT2D eigenvalue weighted by atomic mass is 9.90. The van der Waals surface area contributed by atoms with Crippen LogP contribution in [0.2, 0.25) is 0 Å². The number of hydrogen-bond acceptors (Lipinski definition) is 4. The lowest BCUT2D eigenvalue weighted by Gasteiger charge is -2.23. The Morgan fingerprint density at radius 1 is 1.37 bits per heavy atom. The first-order valence-electron chi connectivity index (χ1n) is 6.58. The third-order valence-corrected chi connectivity index (χ3v) is 3.43. The molecule has 4 nitrogen and oxygen atoms in total.